The Kier molecular flexibility index (Phi) is 3.79. The first-order valence-electron chi connectivity index (χ1n) is 5.63. The van der Waals surface area contributed by atoms with Crippen molar-refractivity contribution in [2.45, 2.75) is 45.6 Å². The molecule has 0 heterocycles. The summed E-state index contributed by atoms with van der Waals surface area (Å²) in [5, 5.41) is 0. The van der Waals surface area contributed by atoms with Crippen molar-refractivity contribution < 1.29 is 9.59 Å². The average molecular weight is 222 g/mol. The first kappa shape index (κ1) is 12.8. The van der Waals surface area contributed by atoms with E-state index in [4.69, 9.17) is 0 Å². The van der Waals surface area contributed by atoms with Crippen LogP contribution in [0, 0.1) is 11.3 Å². The van der Waals surface area contributed by atoms with E-state index in [1.54, 1.807) is 6.08 Å². The molecule has 1 fully saturated rings. The molecule has 1 rings (SSSR count). The fraction of sp³-hybridized carbons (Fsp3) is 0.833. The molecule has 4 heteroatoms. The van der Waals surface area contributed by atoms with Crippen LogP contribution in [-0.2, 0) is 9.59 Å². The van der Waals surface area contributed by atoms with E-state index in [1.807, 2.05) is 0 Å². The van der Waals surface area contributed by atoms with Gasteiger partial charge in [-0.25, -0.2) is 14.6 Å². The Bertz CT molecular complexity index is 352. The van der Waals surface area contributed by atoms with Crippen LogP contribution in [0.5, 0.6) is 0 Å². The highest BCUT2D eigenvalue weighted by Crippen LogP contribution is 2.49. The minimum atomic E-state index is -0.580. The number of nitrogens with zero attached hydrogens (tertiary/aromatic N) is 2. The SMILES string of the molecule is CC1CCCC(CN=C=O)(N=C=O)C1(C)C. The maximum absolute atomic E-state index is 10.6. The Morgan fingerprint density at radius 3 is 2.56 bits per heavy atom. The van der Waals surface area contributed by atoms with Crippen molar-refractivity contribution in [2.24, 2.45) is 21.3 Å². The topological polar surface area (TPSA) is 58.9 Å². The van der Waals surface area contributed by atoms with Crippen LogP contribution >= 0.6 is 0 Å². The summed E-state index contributed by atoms with van der Waals surface area (Å²) in [7, 11) is 0. The molecule has 1 aliphatic rings. The lowest BCUT2D eigenvalue weighted by atomic mass is 9.58. The number of carbonyl (C=O) groups excluding carboxylic acids is 2. The summed E-state index contributed by atoms with van der Waals surface area (Å²) in [4.78, 5) is 28.5. The van der Waals surface area contributed by atoms with Crippen LogP contribution in [0.2, 0.25) is 0 Å². The molecule has 0 N–H and O–H groups in total. The molecule has 0 aromatic heterocycles. The monoisotopic (exact) mass is 222 g/mol. The maximum atomic E-state index is 10.6. The smallest absolute Gasteiger partial charge is 0.211 e. The summed E-state index contributed by atoms with van der Waals surface area (Å²) in [5.41, 5.74) is -0.729. The first-order chi connectivity index (χ1) is 7.50. The summed E-state index contributed by atoms with van der Waals surface area (Å²) >= 11 is 0. The van der Waals surface area contributed by atoms with Crippen molar-refractivity contribution in [1.29, 1.82) is 0 Å². The van der Waals surface area contributed by atoms with Gasteiger partial charge in [-0.2, -0.15) is 4.99 Å². The van der Waals surface area contributed by atoms with Crippen LogP contribution in [0.1, 0.15) is 40.0 Å². The lowest BCUT2D eigenvalue weighted by Crippen LogP contribution is -2.52. The lowest BCUT2D eigenvalue weighted by Gasteiger charge is -2.49. The second-order valence-corrected chi connectivity index (χ2v) is 5.16. The number of hydrogen-bond acceptors (Lipinski definition) is 4. The van der Waals surface area contributed by atoms with Gasteiger partial charge in [-0.15, -0.1) is 0 Å². The van der Waals surface area contributed by atoms with Gasteiger partial charge in [0, 0.05) is 0 Å². The molecule has 2 unspecified atom stereocenters. The highest BCUT2D eigenvalue weighted by atomic mass is 16.1. The zero-order valence-corrected chi connectivity index (χ0v) is 10.1. The molecule has 2 atom stereocenters. The molecule has 0 spiro atoms. The Labute approximate surface area is 95.9 Å². The third-order valence-electron chi connectivity index (χ3n) is 4.32. The molecule has 1 aliphatic carbocycles. The molecule has 0 aliphatic heterocycles. The Hall–Kier alpha value is -1.24. The highest BCUT2D eigenvalue weighted by molar-refractivity contribution is 5.37. The molecule has 0 bridgehead atoms. The van der Waals surface area contributed by atoms with Crippen LogP contribution in [-0.4, -0.2) is 24.2 Å². The standard InChI is InChI=1S/C12H18N2O2/c1-10-5-4-6-12(14-9-16,7-13-8-15)11(10,2)3/h10H,4-7H2,1-3H3. The summed E-state index contributed by atoms with van der Waals surface area (Å²) < 4.78 is 0. The third kappa shape index (κ3) is 1.99. The predicted molar refractivity (Wildman–Crippen MR) is 60.6 cm³/mol. The number of rotatable bonds is 3. The van der Waals surface area contributed by atoms with Gasteiger partial charge in [-0.1, -0.05) is 33.6 Å². The van der Waals surface area contributed by atoms with E-state index in [2.05, 4.69) is 30.8 Å². The van der Waals surface area contributed by atoms with Crippen molar-refractivity contribution >= 4 is 12.2 Å². The van der Waals surface area contributed by atoms with Crippen molar-refractivity contribution in [3.05, 3.63) is 0 Å². The molecular weight excluding hydrogens is 204 g/mol. The molecule has 0 aromatic carbocycles. The summed E-state index contributed by atoms with van der Waals surface area (Å²) in [6.07, 6.45) is 6.09. The van der Waals surface area contributed by atoms with Crippen molar-refractivity contribution in [3.8, 4) is 0 Å². The minimum Gasteiger partial charge on any atom is -0.211 e. The highest BCUT2D eigenvalue weighted by Gasteiger charge is 2.50. The van der Waals surface area contributed by atoms with E-state index < -0.39 is 5.54 Å². The molecule has 4 nitrogen and oxygen atoms in total. The van der Waals surface area contributed by atoms with Crippen molar-refractivity contribution in [2.75, 3.05) is 6.54 Å². The maximum Gasteiger partial charge on any atom is 0.235 e. The Morgan fingerprint density at radius 1 is 1.31 bits per heavy atom. The molecule has 0 radical (unpaired) electrons. The lowest BCUT2D eigenvalue weighted by molar-refractivity contribution is 0.0493. The van der Waals surface area contributed by atoms with Gasteiger partial charge < -0.3 is 0 Å². The van der Waals surface area contributed by atoms with E-state index in [1.165, 1.54) is 6.08 Å². The van der Waals surface area contributed by atoms with Gasteiger partial charge in [0.25, 0.3) is 0 Å². The quantitative estimate of drug-likeness (QED) is 0.543. The molecule has 0 amide bonds. The zero-order valence-electron chi connectivity index (χ0n) is 10.1. The molecule has 16 heavy (non-hydrogen) atoms. The largest absolute Gasteiger partial charge is 0.235 e. The summed E-state index contributed by atoms with van der Waals surface area (Å²) in [6.45, 7) is 6.55. The van der Waals surface area contributed by atoms with E-state index in [0.717, 1.165) is 19.3 Å². The number of hydrogen-bond donors (Lipinski definition) is 0. The van der Waals surface area contributed by atoms with E-state index in [9.17, 15) is 9.59 Å². The van der Waals surface area contributed by atoms with Crippen LogP contribution in [0.15, 0.2) is 9.98 Å². The normalized spacial score (nSPS) is 32.3. The van der Waals surface area contributed by atoms with E-state index in [0.29, 0.717) is 5.92 Å². The van der Waals surface area contributed by atoms with Gasteiger partial charge in [0.05, 0.1) is 12.1 Å². The summed E-state index contributed by atoms with van der Waals surface area (Å²) in [5.74, 6) is 0.445. The molecule has 88 valence electrons. The van der Waals surface area contributed by atoms with Crippen molar-refractivity contribution in [3.63, 3.8) is 0 Å². The second kappa shape index (κ2) is 4.73. The minimum absolute atomic E-state index is 0.150. The predicted octanol–water partition coefficient (Wildman–Crippen LogP) is 2.24. The molecular formula is C12H18N2O2. The number of aliphatic imine (C=N–C) groups is 2. The van der Waals surface area contributed by atoms with Gasteiger partial charge in [-0.05, 0) is 17.8 Å². The third-order valence-corrected chi connectivity index (χ3v) is 4.32. The van der Waals surface area contributed by atoms with Gasteiger partial charge in [0.2, 0.25) is 12.2 Å². The zero-order chi connectivity index (χ0) is 12.2. The van der Waals surface area contributed by atoms with Crippen LogP contribution in [0.25, 0.3) is 0 Å². The van der Waals surface area contributed by atoms with Gasteiger partial charge in [0.1, 0.15) is 0 Å². The van der Waals surface area contributed by atoms with Gasteiger partial charge in [0.15, 0.2) is 0 Å². The van der Waals surface area contributed by atoms with Gasteiger partial charge >= 0.3 is 0 Å². The van der Waals surface area contributed by atoms with E-state index in [-0.39, 0.29) is 12.0 Å². The second-order valence-electron chi connectivity index (χ2n) is 5.16. The first-order valence-corrected chi connectivity index (χ1v) is 5.63. The van der Waals surface area contributed by atoms with Crippen LogP contribution in [0.4, 0.5) is 0 Å². The molecule has 1 saturated carbocycles. The average Bonchev–Trinajstić information content (AvgIpc) is 2.23. The Balaban J connectivity index is 3.15. The number of isocyanates is 2. The summed E-state index contributed by atoms with van der Waals surface area (Å²) in [6, 6.07) is 0. The van der Waals surface area contributed by atoms with Crippen molar-refractivity contribution in [1.82, 2.24) is 0 Å². The fourth-order valence-electron chi connectivity index (χ4n) is 2.61. The fourth-order valence-corrected chi connectivity index (χ4v) is 2.61. The molecule has 0 aromatic rings. The Morgan fingerprint density at radius 2 is 2.00 bits per heavy atom. The van der Waals surface area contributed by atoms with Gasteiger partial charge in [-0.3, -0.25) is 0 Å². The molecule has 0 saturated heterocycles. The van der Waals surface area contributed by atoms with E-state index >= 15 is 0 Å². The van der Waals surface area contributed by atoms with Crippen LogP contribution in [0.3, 0.4) is 0 Å². The van der Waals surface area contributed by atoms with Crippen LogP contribution < -0.4 is 0 Å².